The Hall–Kier alpha value is -1.26. The second-order valence-electron chi connectivity index (χ2n) is 5.45. The van der Waals surface area contributed by atoms with Gasteiger partial charge in [0.05, 0.1) is 13.7 Å². The molecule has 0 heterocycles. The first kappa shape index (κ1) is 15.1. The Bertz CT molecular complexity index is 422. The SMILES string of the molecule is COc1cc(CNC2CCCC2C)ccc1OCCO. The van der Waals surface area contributed by atoms with Crippen LogP contribution < -0.4 is 14.8 Å². The highest BCUT2D eigenvalue weighted by molar-refractivity contribution is 5.42. The first-order valence-corrected chi connectivity index (χ1v) is 7.38. The fourth-order valence-electron chi connectivity index (χ4n) is 2.79. The summed E-state index contributed by atoms with van der Waals surface area (Å²) in [5, 5.41) is 12.4. The van der Waals surface area contributed by atoms with Crippen molar-refractivity contribution in [3.63, 3.8) is 0 Å². The van der Waals surface area contributed by atoms with E-state index in [4.69, 9.17) is 14.6 Å². The van der Waals surface area contributed by atoms with Crippen LogP contribution in [-0.2, 0) is 6.54 Å². The lowest BCUT2D eigenvalue weighted by Gasteiger charge is -2.18. The van der Waals surface area contributed by atoms with E-state index in [-0.39, 0.29) is 13.2 Å². The molecule has 0 amide bonds. The Labute approximate surface area is 121 Å². The summed E-state index contributed by atoms with van der Waals surface area (Å²) >= 11 is 0. The van der Waals surface area contributed by atoms with Gasteiger partial charge in [-0.15, -0.1) is 0 Å². The summed E-state index contributed by atoms with van der Waals surface area (Å²) in [5.74, 6) is 2.17. The summed E-state index contributed by atoms with van der Waals surface area (Å²) in [7, 11) is 1.64. The molecule has 0 bridgehead atoms. The molecule has 1 aromatic carbocycles. The maximum absolute atomic E-state index is 8.80. The predicted octanol–water partition coefficient (Wildman–Crippen LogP) is 2.34. The van der Waals surface area contributed by atoms with Crippen LogP contribution in [0.5, 0.6) is 11.5 Å². The summed E-state index contributed by atoms with van der Waals surface area (Å²) in [6, 6.07) is 6.58. The van der Waals surface area contributed by atoms with Gasteiger partial charge in [-0.25, -0.2) is 0 Å². The fraction of sp³-hybridized carbons (Fsp3) is 0.625. The van der Waals surface area contributed by atoms with Gasteiger partial charge in [0.1, 0.15) is 6.61 Å². The second-order valence-corrected chi connectivity index (χ2v) is 5.45. The first-order chi connectivity index (χ1) is 9.74. The van der Waals surface area contributed by atoms with E-state index in [0.717, 1.165) is 18.2 Å². The van der Waals surface area contributed by atoms with Crippen molar-refractivity contribution in [2.75, 3.05) is 20.3 Å². The molecule has 0 aliphatic heterocycles. The highest BCUT2D eigenvalue weighted by Gasteiger charge is 2.22. The quantitative estimate of drug-likeness (QED) is 0.804. The number of methoxy groups -OCH3 is 1. The molecule has 1 saturated carbocycles. The third-order valence-electron chi connectivity index (χ3n) is 4.01. The minimum absolute atomic E-state index is 0.00598. The maximum Gasteiger partial charge on any atom is 0.161 e. The molecular weight excluding hydrogens is 254 g/mol. The van der Waals surface area contributed by atoms with Gasteiger partial charge in [0.2, 0.25) is 0 Å². The van der Waals surface area contributed by atoms with Crippen LogP contribution in [0.15, 0.2) is 18.2 Å². The molecule has 1 fully saturated rings. The molecule has 2 N–H and O–H groups in total. The minimum Gasteiger partial charge on any atom is -0.493 e. The molecule has 0 saturated heterocycles. The molecule has 0 aromatic heterocycles. The van der Waals surface area contributed by atoms with E-state index in [2.05, 4.69) is 12.2 Å². The van der Waals surface area contributed by atoms with Gasteiger partial charge in [0.15, 0.2) is 11.5 Å². The lowest BCUT2D eigenvalue weighted by Crippen LogP contribution is -2.30. The van der Waals surface area contributed by atoms with Crippen LogP contribution >= 0.6 is 0 Å². The fourth-order valence-corrected chi connectivity index (χ4v) is 2.79. The average Bonchev–Trinajstić information content (AvgIpc) is 2.88. The molecule has 0 radical (unpaired) electrons. The van der Waals surface area contributed by atoms with Crippen molar-refractivity contribution in [3.05, 3.63) is 23.8 Å². The van der Waals surface area contributed by atoms with Crippen molar-refractivity contribution in [2.45, 2.75) is 38.8 Å². The Kier molecular flexibility index (Phi) is 5.68. The van der Waals surface area contributed by atoms with Gasteiger partial charge in [-0.2, -0.15) is 0 Å². The molecule has 4 nitrogen and oxygen atoms in total. The molecule has 0 spiro atoms. The van der Waals surface area contributed by atoms with E-state index in [9.17, 15) is 0 Å². The standard InChI is InChI=1S/C16H25NO3/c1-12-4-3-5-14(12)17-11-13-6-7-15(20-9-8-18)16(10-13)19-2/h6-7,10,12,14,17-18H,3-5,8-9,11H2,1-2H3. The first-order valence-electron chi connectivity index (χ1n) is 7.38. The molecule has 1 aliphatic rings. The van der Waals surface area contributed by atoms with Crippen LogP contribution in [0, 0.1) is 5.92 Å². The normalized spacial score (nSPS) is 21.9. The van der Waals surface area contributed by atoms with E-state index in [1.807, 2.05) is 18.2 Å². The van der Waals surface area contributed by atoms with E-state index in [1.54, 1.807) is 7.11 Å². The topological polar surface area (TPSA) is 50.7 Å². The van der Waals surface area contributed by atoms with Gasteiger partial charge >= 0.3 is 0 Å². The lowest BCUT2D eigenvalue weighted by atomic mass is 10.1. The number of ether oxygens (including phenoxy) is 2. The Morgan fingerprint density at radius 1 is 1.30 bits per heavy atom. The molecule has 2 atom stereocenters. The number of aliphatic hydroxyl groups excluding tert-OH is 1. The number of hydrogen-bond donors (Lipinski definition) is 2. The van der Waals surface area contributed by atoms with Crippen molar-refractivity contribution in [3.8, 4) is 11.5 Å². The maximum atomic E-state index is 8.80. The minimum atomic E-state index is 0.00598. The largest absolute Gasteiger partial charge is 0.493 e. The molecular formula is C16H25NO3. The van der Waals surface area contributed by atoms with E-state index in [0.29, 0.717) is 11.8 Å². The van der Waals surface area contributed by atoms with Crippen LogP contribution in [-0.4, -0.2) is 31.5 Å². The van der Waals surface area contributed by atoms with Gasteiger partial charge in [-0.1, -0.05) is 19.4 Å². The highest BCUT2D eigenvalue weighted by atomic mass is 16.5. The number of aliphatic hydroxyl groups is 1. The summed E-state index contributed by atoms with van der Waals surface area (Å²) in [4.78, 5) is 0. The van der Waals surface area contributed by atoms with Crippen LogP contribution in [0.1, 0.15) is 31.7 Å². The zero-order valence-electron chi connectivity index (χ0n) is 12.4. The van der Waals surface area contributed by atoms with Gasteiger partial charge in [-0.05, 0) is 36.5 Å². The Morgan fingerprint density at radius 3 is 2.80 bits per heavy atom. The third kappa shape index (κ3) is 3.87. The molecule has 4 heteroatoms. The molecule has 20 heavy (non-hydrogen) atoms. The second kappa shape index (κ2) is 7.50. The Balaban J connectivity index is 1.94. The van der Waals surface area contributed by atoms with Crippen LogP contribution in [0.2, 0.25) is 0 Å². The number of benzene rings is 1. The van der Waals surface area contributed by atoms with E-state index < -0.39 is 0 Å². The van der Waals surface area contributed by atoms with Crippen molar-refractivity contribution >= 4 is 0 Å². The Morgan fingerprint density at radius 2 is 2.15 bits per heavy atom. The molecule has 1 aliphatic carbocycles. The summed E-state index contributed by atoms with van der Waals surface area (Å²) in [6.45, 7) is 3.46. The lowest BCUT2D eigenvalue weighted by molar-refractivity contribution is 0.196. The zero-order valence-corrected chi connectivity index (χ0v) is 12.4. The zero-order chi connectivity index (χ0) is 14.4. The predicted molar refractivity (Wildman–Crippen MR) is 79.2 cm³/mol. The van der Waals surface area contributed by atoms with Crippen LogP contribution in [0.4, 0.5) is 0 Å². The number of rotatable bonds is 7. The van der Waals surface area contributed by atoms with E-state index in [1.165, 1.54) is 24.8 Å². The molecule has 1 aromatic rings. The van der Waals surface area contributed by atoms with Gasteiger partial charge in [0.25, 0.3) is 0 Å². The molecule has 2 unspecified atom stereocenters. The average molecular weight is 279 g/mol. The molecule has 2 rings (SSSR count). The van der Waals surface area contributed by atoms with Crippen LogP contribution in [0.25, 0.3) is 0 Å². The number of nitrogens with one attached hydrogen (secondary N) is 1. The third-order valence-corrected chi connectivity index (χ3v) is 4.01. The van der Waals surface area contributed by atoms with Crippen molar-refractivity contribution in [1.82, 2.24) is 5.32 Å². The van der Waals surface area contributed by atoms with E-state index >= 15 is 0 Å². The number of hydrogen-bond acceptors (Lipinski definition) is 4. The van der Waals surface area contributed by atoms with Crippen molar-refractivity contribution < 1.29 is 14.6 Å². The van der Waals surface area contributed by atoms with Gasteiger partial charge in [-0.3, -0.25) is 0 Å². The smallest absolute Gasteiger partial charge is 0.161 e. The molecule has 112 valence electrons. The highest BCUT2D eigenvalue weighted by Crippen LogP contribution is 2.29. The van der Waals surface area contributed by atoms with Gasteiger partial charge < -0.3 is 19.9 Å². The van der Waals surface area contributed by atoms with Gasteiger partial charge in [0, 0.05) is 12.6 Å². The summed E-state index contributed by atoms with van der Waals surface area (Å²) < 4.78 is 10.8. The van der Waals surface area contributed by atoms with Crippen molar-refractivity contribution in [1.29, 1.82) is 0 Å². The summed E-state index contributed by atoms with van der Waals surface area (Å²) in [5.41, 5.74) is 1.19. The van der Waals surface area contributed by atoms with Crippen LogP contribution in [0.3, 0.4) is 0 Å². The monoisotopic (exact) mass is 279 g/mol. The van der Waals surface area contributed by atoms with Crippen molar-refractivity contribution in [2.24, 2.45) is 5.92 Å². The summed E-state index contributed by atoms with van der Waals surface area (Å²) in [6.07, 6.45) is 3.93.